The summed E-state index contributed by atoms with van der Waals surface area (Å²) in [7, 11) is 2.83. The molecular weight excluding hydrogens is 254 g/mol. The van der Waals surface area contributed by atoms with Gasteiger partial charge in [0.15, 0.2) is 11.5 Å². The first-order valence-electron chi connectivity index (χ1n) is 5.60. The monoisotopic (exact) mass is 269 g/mol. The molecule has 104 valence electrons. The number of nitro benzene ring substituents is 1. The van der Waals surface area contributed by atoms with Crippen LogP contribution < -0.4 is 9.47 Å². The minimum absolute atomic E-state index is 0.0362. The molecule has 19 heavy (non-hydrogen) atoms. The zero-order chi connectivity index (χ0) is 14.4. The van der Waals surface area contributed by atoms with Crippen molar-refractivity contribution in [2.75, 3.05) is 14.2 Å². The van der Waals surface area contributed by atoms with Crippen LogP contribution in [0.25, 0.3) is 0 Å². The highest BCUT2D eigenvalue weighted by atomic mass is 16.6. The Hall–Kier alpha value is -2.31. The van der Waals surface area contributed by atoms with E-state index in [4.69, 9.17) is 14.6 Å². The molecule has 0 saturated heterocycles. The van der Waals surface area contributed by atoms with Gasteiger partial charge in [-0.25, -0.2) is 0 Å². The second-order valence-electron chi connectivity index (χ2n) is 3.84. The highest BCUT2D eigenvalue weighted by Crippen LogP contribution is 2.35. The molecule has 1 N–H and O–H groups in total. The van der Waals surface area contributed by atoms with Gasteiger partial charge in [-0.2, -0.15) is 0 Å². The number of hydrogen-bond acceptors (Lipinski definition) is 5. The van der Waals surface area contributed by atoms with Gasteiger partial charge in [-0.05, 0) is 18.9 Å². The van der Waals surface area contributed by atoms with Crippen LogP contribution in [0, 0.1) is 10.1 Å². The number of hydrogen-bond donors (Lipinski definition) is 1. The number of aryl methyl sites for hydroxylation is 1. The lowest BCUT2D eigenvalue weighted by molar-refractivity contribution is -0.385. The Morgan fingerprint density at radius 1 is 1.32 bits per heavy atom. The van der Waals surface area contributed by atoms with Crippen molar-refractivity contribution in [3.8, 4) is 11.5 Å². The number of carboxylic acids is 1. The molecule has 0 unspecified atom stereocenters. The molecule has 7 nitrogen and oxygen atoms in total. The van der Waals surface area contributed by atoms with E-state index in [1.807, 2.05) is 0 Å². The van der Waals surface area contributed by atoms with Crippen molar-refractivity contribution in [1.29, 1.82) is 0 Å². The summed E-state index contributed by atoms with van der Waals surface area (Å²) in [5, 5.41) is 19.6. The molecule has 0 bridgehead atoms. The van der Waals surface area contributed by atoms with Crippen molar-refractivity contribution < 1.29 is 24.3 Å². The molecule has 7 heteroatoms. The zero-order valence-electron chi connectivity index (χ0n) is 10.7. The van der Waals surface area contributed by atoms with Crippen LogP contribution in [0.3, 0.4) is 0 Å². The lowest BCUT2D eigenvalue weighted by atomic mass is 10.1. The third kappa shape index (κ3) is 3.84. The summed E-state index contributed by atoms with van der Waals surface area (Å²) in [5.74, 6) is -0.266. The van der Waals surface area contributed by atoms with E-state index in [2.05, 4.69) is 0 Å². The lowest BCUT2D eigenvalue weighted by Crippen LogP contribution is -2.01. The van der Waals surface area contributed by atoms with Gasteiger partial charge in [-0.1, -0.05) is 0 Å². The molecule has 0 amide bonds. The van der Waals surface area contributed by atoms with Crippen LogP contribution >= 0.6 is 0 Å². The summed E-state index contributed by atoms with van der Waals surface area (Å²) in [6, 6.07) is 2.80. The van der Waals surface area contributed by atoms with Crippen molar-refractivity contribution in [1.82, 2.24) is 0 Å². The van der Waals surface area contributed by atoms with Crippen LogP contribution in [0.2, 0.25) is 0 Å². The van der Waals surface area contributed by atoms with Gasteiger partial charge < -0.3 is 14.6 Å². The minimum Gasteiger partial charge on any atom is -0.493 e. The Morgan fingerprint density at radius 2 is 1.89 bits per heavy atom. The minimum atomic E-state index is -0.928. The number of rotatable bonds is 7. The van der Waals surface area contributed by atoms with Crippen LogP contribution in [0.15, 0.2) is 12.1 Å². The van der Waals surface area contributed by atoms with E-state index in [0.717, 1.165) is 0 Å². The van der Waals surface area contributed by atoms with Gasteiger partial charge >= 0.3 is 5.97 Å². The fourth-order valence-electron chi connectivity index (χ4n) is 1.71. The highest BCUT2D eigenvalue weighted by Gasteiger charge is 2.19. The summed E-state index contributed by atoms with van der Waals surface area (Å²) in [5.41, 5.74) is 0.340. The Bertz CT molecular complexity index is 485. The number of carbonyl (C=O) groups is 1. The Balaban J connectivity index is 3.05. The summed E-state index contributed by atoms with van der Waals surface area (Å²) in [6.07, 6.45) is 0.583. The van der Waals surface area contributed by atoms with E-state index in [1.165, 1.54) is 26.4 Å². The molecule has 0 fully saturated rings. The standard InChI is InChI=1S/C12H15NO6/c1-18-10-6-8(4-3-5-12(14)15)9(13(16)17)7-11(10)19-2/h6-7H,3-5H2,1-2H3,(H,14,15). The molecule has 0 heterocycles. The van der Waals surface area contributed by atoms with E-state index in [1.54, 1.807) is 0 Å². The van der Waals surface area contributed by atoms with Crippen LogP contribution in [0.1, 0.15) is 18.4 Å². The first kappa shape index (κ1) is 14.7. The van der Waals surface area contributed by atoms with Crippen LogP contribution in [0.4, 0.5) is 5.69 Å². The lowest BCUT2D eigenvalue weighted by Gasteiger charge is -2.10. The normalized spacial score (nSPS) is 10.0. The molecule has 0 spiro atoms. The highest BCUT2D eigenvalue weighted by molar-refractivity contribution is 5.66. The fraction of sp³-hybridized carbons (Fsp3) is 0.417. The Morgan fingerprint density at radius 3 is 2.37 bits per heavy atom. The number of nitrogens with zero attached hydrogens (tertiary/aromatic N) is 1. The Labute approximate surface area is 109 Å². The van der Waals surface area contributed by atoms with Crippen molar-refractivity contribution in [2.45, 2.75) is 19.3 Å². The van der Waals surface area contributed by atoms with Gasteiger partial charge in [-0.3, -0.25) is 14.9 Å². The molecule has 0 aliphatic carbocycles. The van der Waals surface area contributed by atoms with Gasteiger partial charge in [0.2, 0.25) is 0 Å². The molecule has 0 aliphatic heterocycles. The second-order valence-corrected chi connectivity index (χ2v) is 3.84. The SMILES string of the molecule is COc1cc(CCCC(=O)O)c([N+](=O)[O-])cc1OC. The first-order valence-corrected chi connectivity index (χ1v) is 5.60. The molecule has 0 aromatic heterocycles. The maximum Gasteiger partial charge on any atom is 0.303 e. The van der Waals surface area contributed by atoms with Crippen molar-refractivity contribution >= 4 is 11.7 Å². The smallest absolute Gasteiger partial charge is 0.303 e. The van der Waals surface area contributed by atoms with Gasteiger partial charge in [0, 0.05) is 12.0 Å². The van der Waals surface area contributed by atoms with E-state index < -0.39 is 10.9 Å². The molecule has 1 aromatic rings. The van der Waals surface area contributed by atoms with Crippen molar-refractivity contribution in [3.63, 3.8) is 0 Å². The van der Waals surface area contributed by atoms with Gasteiger partial charge in [-0.15, -0.1) is 0 Å². The van der Waals surface area contributed by atoms with Crippen molar-refractivity contribution in [2.24, 2.45) is 0 Å². The van der Waals surface area contributed by atoms with E-state index >= 15 is 0 Å². The fourth-order valence-corrected chi connectivity index (χ4v) is 1.71. The molecular formula is C12H15NO6. The first-order chi connectivity index (χ1) is 8.99. The average Bonchev–Trinajstić information content (AvgIpc) is 2.37. The second kappa shape index (κ2) is 6.58. The van der Waals surface area contributed by atoms with Crippen molar-refractivity contribution in [3.05, 3.63) is 27.8 Å². The average molecular weight is 269 g/mol. The van der Waals surface area contributed by atoms with Crippen LogP contribution in [0.5, 0.6) is 11.5 Å². The summed E-state index contributed by atoms with van der Waals surface area (Å²) < 4.78 is 10.1. The maximum atomic E-state index is 11.0. The molecule has 0 radical (unpaired) electrons. The van der Waals surface area contributed by atoms with E-state index in [0.29, 0.717) is 24.2 Å². The van der Waals surface area contributed by atoms with E-state index in [-0.39, 0.29) is 17.9 Å². The molecule has 0 saturated carbocycles. The molecule has 0 atom stereocenters. The molecule has 1 aromatic carbocycles. The number of aliphatic carboxylic acids is 1. The van der Waals surface area contributed by atoms with E-state index in [9.17, 15) is 14.9 Å². The summed E-state index contributed by atoms with van der Waals surface area (Å²) in [6.45, 7) is 0. The summed E-state index contributed by atoms with van der Waals surface area (Å²) >= 11 is 0. The summed E-state index contributed by atoms with van der Waals surface area (Å²) in [4.78, 5) is 20.9. The number of nitro groups is 1. The topological polar surface area (TPSA) is 98.9 Å². The zero-order valence-corrected chi connectivity index (χ0v) is 10.7. The predicted octanol–water partition coefficient (Wildman–Crippen LogP) is 2.02. The number of benzene rings is 1. The third-order valence-electron chi connectivity index (χ3n) is 2.62. The van der Waals surface area contributed by atoms with Gasteiger partial charge in [0.25, 0.3) is 5.69 Å². The number of methoxy groups -OCH3 is 2. The number of ether oxygens (including phenoxy) is 2. The Kier molecular flexibility index (Phi) is 5.11. The van der Waals surface area contributed by atoms with Crippen LogP contribution in [-0.2, 0) is 11.2 Å². The van der Waals surface area contributed by atoms with Gasteiger partial charge in [0.05, 0.1) is 25.2 Å². The largest absolute Gasteiger partial charge is 0.493 e. The van der Waals surface area contributed by atoms with Gasteiger partial charge in [0.1, 0.15) is 0 Å². The quantitative estimate of drug-likeness (QED) is 0.600. The maximum absolute atomic E-state index is 11.0. The number of carboxylic acid groups (broad SMARTS) is 1. The third-order valence-corrected chi connectivity index (χ3v) is 2.62. The molecule has 0 aliphatic rings. The molecule has 1 rings (SSSR count). The van der Waals surface area contributed by atoms with Crippen LogP contribution in [-0.4, -0.2) is 30.2 Å². The predicted molar refractivity (Wildman–Crippen MR) is 66.8 cm³/mol.